The summed E-state index contributed by atoms with van der Waals surface area (Å²) in [6.45, 7) is 2.24. The minimum absolute atomic E-state index is 0.00142. The third kappa shape index (κ3) is 35.5. The van der Waals surface area contributed by atoms with Crippen molar-refractivity contribution in [3.8, 4) is 0 Å². The molecule has 4 amide bonds. The molecule has 16 N–H and O–H groups in total. The number of amides is 4. The second kappa shape index (κ2) is 47.4. The van der Waals surface area contributed by atoms with E-state index in [-0.39, 0.29) is 105 Å². The number of nitrogens with two attached hydrogens (primary N) is 4. The van der Waals surface area contributed by atoms with Crippen molar-refractivity contribution in [3.63, 3.8) is 0 Å². The van der Waals surface area contributed by atoms with Crippen LogP contribution in [0.15, 0.2) is 158 Å². The molecule has 6 aromatic rings. The number of carbonyl (C=O) groups excluding carboxylic acids is 7. The van der Waals surface area contributed by atoms with E-state index in [9.17, 15) is 63.6 Å². The van der Waals surface area contributed by atoms with Crippen molar-refractivity contribution in [2.45, 2.75) is 159 Å². The maximum atomic E-state index is 14.1. The van der Waals surface area contributed by atoms with Gasteiger partial charge in [0.05, 0.1) is 43.4 Å². The molecule has 0 heterocycles. The number of amidine groups is 2. The lowest BCUT2D eigenvalue weighted by atomic mass is 9.89. The van der Waals surface area contributed by atoms with Gasteiger partial charge in [0, 0.05) is 94.9 Å². The van der Waals surface area contributed by atoms with E-state index in [1.807, 2.05) is 29.6 Å². The molecule has 0 saturated heterocycles. The monoisotopic (exact) mass is 1540 g/mol. The number of benzene rings is 6. The van der Waals surface area contributed by atoms with Crippen molar-refractivity contribution in [2.24, 2.45) is 34.8 Å². The molecule has 586 valence electrons. The number of carbonyl (C=O) groups is 7. The lowest BCUT2D eigenvalue weighted by Gasteiger charge is -2.22. The van der Waals surface area contributed by atoms with Crippen LogP contribution in [0.2, 0.25) is 0 Å². The third-order valence-corrected chi connectivity index (χ3v) is 20.1. The maximum absolute atomic E-state index is 14.1. The molecule has 6 aromatic carbocycles. The molecule has 30 heteroatoms. The zero-order valence-corrected chi connectivity index (χ0v) is 62.6. The van der Waals surface area contributed by atoms with Gasteiger partial charge < -0.3 is 53.7 Å². The number of ether oxygens (including phenoxy) is 2. The largest absolute Gasteiger partial charge is 0.471 e. The average molecular weight is 1540 g/mol. The Balaban J connectivity index is 0.000000391. The average Bonchev–Trinajstić information content (AvgIpc) is 0.816. The molecule has 108 heavy (non-hydrogen) atoms. The molecule has 0 aliphatic heterocycles. The number of halogens is 3. The highest BCUT2D eigenvalue weighted by Crippen LogP contribution is 2.23. The predicted octanol–water partition coefficient (Wildman–Crippen LogP) is 7.41. The summed E-state index contributed by atoms with van der Waals surface area (Å²) in [6, 6.07) is 42.3. The second-order valence-electron chi connectivity index (χ2n) is 26.2. The van der Waals surface area contributed by atoms with Gasteiger partial charge in [-0.05, 0) is 89.6 Å². The number of nitrogens with one attached hydrogen (secondary N) is 8. The van der Waals surface area contributed by atoms with E-state index in [2.05, 4.69) is 25.4 Å². The van der Waals surface area contributed by atoms with Gasteiger partial charge in [-0.25, -0.2) is 26.3 Å². The molecule has 0 fully saturated rings. The molecule has 0 aromatic heterocycles. The number of hydrogen-bond acceptors (Lipinski definition) is 17. The van der Waals surface area contributed by atoms with Crippen LogP contribution in [-0.2, 0) is 114 Å². The Hall–Kier alpha value is -9.40. The van der Waals surface area contributed by atoms with E-state index in [1.54, 1.807) is 128 Å². The van der Waals surface area contributed by atoms with Crippen LogP contribution >= 0.6 is 0 Å². The van der Waals surface area contributed by atoms with Gasteiger partial charge >= 0.3 is 12.1 Å². The van der Waals surface area contributed by atoms with Crippen LogP contribution in [0.4, 0.5) is 13.2 Å². The van der Waals surface area contributed by atoms with Gasteiger partial charge in [0.2, 0.25) is 37.8 Å². The van der Waals surface area contributed by atoms with Crippen LogP contribution in [0.3, 0.4) is 0 Å². The molecule has 0 aliphatic carbocycles. The molecule has 0 aliphatic rings. The summed E-state index contributed by atoms with van der Waals surface area (Å²) in [5.74, 6) is -6.68. The number of rotatable bonds is 50. The number of unbranched alkanes of at least 4 members (excludes halogenated alkanes) is 5. The fourth-order valence-electron chi connectivity index (χ4n) is 11.5. The Morgan fingerprint density at radius 1 is 0.472 bits per heavy atom. The van der Waals surface area contributed by atoms with Gasteiger partial charge in [0.1, 0.15) is 17.5 Å². The summed E-state index contributed by atoms with van der Waals surface area (Å²) >= 11 is 0. The Kier molecular flexibility index (Phi) is 39.2. The Morgan fingerprint density at radius 2 is 0.907 bits per heavy atom. The number of Topliss-reactive ketones (excluding diaryl/α,β-unsaturated/α-hetero) is 3. The third-order valence-electron chi connectivity index (χ3n) is 17.3. The first kappa shape index (κ1) is 89.2. The van der Waals surface area contributed by atoms with Gasteiger partial charge in [0.25, 0.3) is 0 Å². The predicted molar refractivity (Wildman–Crippen MR) is 408 cm³/mol. The van der Waals surface area contributed by atoms with E-state index < -0.39 is 80.1 Å². The second-order valence-corrected chi connectivity index (χ2v) is 29.7. The normalized spacial score (nSPS) is 12.6. The maximum Gasteiger partial charge on any atom is 0.471 e. The Bertz CT molecular complexity index is 4090. The minimum Gasteiger partial charge on any atom is -0.384 e. The smallest absolute Gasteiger partial charge is 0.384 e. The molecular weight excluding hydrogens is 1430 g/mol. The molecule has 4 atom stereocenters. The quantitative estimate of drug-likeness (QED) is 0.0100. The summed E-state index contributed by atoms with van der Waals surface area (Å²) in [5.41, 5.74) is 28.8. The number of hydrogen-bond donors (Lipinski definition) is 12. The first-order valence-electron chi connectivity index (χ1n) is 35.9. The van der Waals surface area contributed by atoms with Crippen LogP contribution in [0.5, 0.6) is 0 Å². The van der Waals surface area contributed by atoms with Crippen LogP contribution in [0.1, 0.15) is 146 Å². The van der Waals surface area contributed by atoms with E-state index in [4.69, 9.17) is 43.2 Å². The molecule has 0 spiro atoms. The topological polar surface area (TPSA) is 430 Å². The van der Waals surface area contributed by atoms with E-state index >= 15 is 0 Å². The van der Waals surface area contributed by atoms with Gasteiger partial charge in [-0.2, -0.15) is 13.2 Å². The molecule has 6 rings (SSSR count). The summed E-state index contributed by atoms with van der Waals surface area (Å²) in [6.07, 6.45) is -0.0356. The zero-order chi connectivity index (χ0) is 78.9. The first-order valence-corrected chi connectivity index (χ1v) is 39.2. The molecule has 0 bridgehead atoms. The van der Waals surface area contributed by atoms with Crippen LogP contribution in [0.25, 0.3) is 0 Å². The Labute approximate surface area is 630 Å². The standard InChI is InChI=1S/C43H60N6O8S.C35H43F3N6O5S/c1-56-24-25-57-23-22-47-41(52)21-20-38(50)14-7-2-3-8-15-39(49-58(54,55)31-33-10-5-4-6-11-33)40(51)28-37(27-34-12-9-13-35(26-34)29-44)43(53)48-30-32-16-18-36(19-17-32)42(45)46;36-35(37,38)34(47)43-22-27-11-7-10-26(18-27)19-29(33(46)42-21-24-13-15-28(16-14-24)32(40)41)20-31(45)30(12-5-2-6-17-39)44-50(48,49)23-25-8-3-1-4-9-25/h4-6,9-13,16-19,26,37,39,49H,2-3,7-8,14-15,20-25,27-31,44H2,1H3,(H3,45,46)(H,47,52)(H,48,53);1,3-4,7-11,13-16,18,29-30,44H,2,5-6,12,17,19-23,39H2,(H3,40,41)(H,42,46)(H,43,47)/t37-,39-;29-,30-/m11/s1. The van der Waals surface area contributed by atoms with Crippen LogP contribution in [0, 0.1) is 22.7 Å². The molecule has 25 nitrogen and oxygen atoms in total. The summed E-state index contributed by atoms with van der Waals surface area (Å²) in [4.78, 5) is 91.1. The van der Waals surface area contributed by atoms with Gasteiger partial charge in [0.15, 0.2) is 11.6 Å². The lowest BCUT2D eigenvalue weighted by molar-refractivity contribution is -0.173. The zero-order valence-electron chi connectivity index (χ0n) is 61.0. The number of alkyl halides is 3. The number of methoxy groups -OCH3 is 1. The van der Waals surface area contributed by atoms with Gasteiger partial charge in [-0.3, -0.25) is 44.4 Å². The van der Waals surface area contributed by atoms with E-state index in [1.165, 1.54) is 12.1 Å². The molecule has 0 saturated carbocycles. The van der Waals surface area contributed by atoms with Crippen LogP contribution < -0.4 is 53.6 Å². The van der Waals surface area contributed by atoms with Gasteiger partial charge in [-0.15, -0.1) is 0 Å². The highest BCUT2D eigenvalue weighted by atomic mass is 32.2. The fraction of sp³-hybridized carbons (Fsp3) is 0.423. The first-order chi connectivity index (χ1) is 51.5. The number of sulfonamides is 2. The fourth-order valence-corrected chi connectivity index (χ4v) is 14.3. The summed E-state index contributed by atoms with van der Waals surface area (Å²) < 4.78 is 107. The molecule has 0 unspecified atom stereocenters. The van der Waals surface area contributed by atoms with Crippen molar-refractivity contribution in [2.75, 3.05) is 40.0 Å². The summed E-state index contributed by atoms with van der Waals surface area (Å²) in [5, 5.41) is 25.5. The number of nitrogen functional groups attached to an aromatic ring is 2. The summed E-state index contributed by atoms with van der Waals surface area (Å²) in [7, 11) is -6.32. The van der Waals surface area contributed by atoms with Gasteiger partial charge in [-0.1, -0.05) is 190 Å². The van der Waals surface area contributed by atoms with Crippen molar-refractivity contribution >= 4 is 72.7 Å². The van der Waals surface area contributed by atoms with Crippen LogP contribution in [-0.4, -0.2) is 128 Å². The minimum atomic E-state index is -5.04. The molecular formula is C78H103F3N12O13S2. The van der Waals surface area contributed by atoms with Crippen molar-refractivity contribution in [1.82, 2.24) is 30.7 Å². The van der Waals surface area contributed by atoms with Crippen molar-refractivity contribution in [3.05, 3.63) is 213 Å². The Morgan fingerprint density at radius 3 is 1.36 bits per heavy atom. The highest BCUT2D eigenvalue weighted by molar-refractivity contribution is 7.89. The van der Waals surface area contributed by atoms with Crippen molar-refractivity contribution < 1.29 is 73.0 Å². The lowest BCUT2D eigenvalue weighted by Crippen LogP contribution is -2.43. The van der Waals surface area contributed by atoms with E-state index in [0.717, 1.165) is 16.7 Å². The van der Waals surface area contributed by atoms with E-state index in [0.29, 0.717) is 130 Å². The SMILES string of the molecule is COCCOCCNC(=O)CCC(=O)CCCCCC[C@@H](NS(=O)(=O)Cc1ccccc1)C(=O)C[C@@H](Cc1cccc(CN)c1)C(=O)NCc1ccc(C(=N)N)cc1.N=C(N)c1ccc(CNC(=O)[C@@H](CC(=O)[C@@H](CCCCCN)NS(=O)(=O)Cc2ccccc2)Cc2cccc(CNC(=O)C(F)(F)F)c2)cc1. The molecule has 0 radical (unpaired) electrons. The highest BCUT2D eigenvalue weighted by Gasteiger charge is 2.38. The van der Waals surface area contributed by atoms with Crippen molar-refractivity contribution in [1.29, 1.82) is 10.8 Å². The number of ketones is 3.